The van der Waals surface area contributed by atoms with E-state index in [1.807, 2.05) is 0 Å². The first kappa shape index (κ1) is 17.0. The van der Waals surface area contributed by atoms with E-state index in [2.05, 4.69) is 10.1 Å². The van der Waals surface area contributed by atoms with E-state index in [-0.39, 0.29) is 17.6 Å². The van der Waals surface area contributed by atoms with Gasteiger partial charge in [0.2, 0.25) is 11.1 Å². The quantitative estimate of drug-likeness (QED) is 0.527. The highest BCUT2D eigenvalue weighted by molar-refractivity contribution is 6.29. The van der Waals surface area contributed by atoms with Crippen molar-refractivity contribution >= 4 is 28.6 Å². The molecule has 25 heavy (non-hydrogen) atoms. The first-order chi connectivity index (χ1) is 11.9. The fraction of sp³-hybridized carbons (Fsp3) is 0.125. The lowest BCUT2D eigenvalue weighted by molar-refractivity contribution is 0.0516. The maximum absolute atomic E-state index is 13.8. The molecule has 0 atom stereocenters. The summed E-state index contributed by atoms with van der Waals surface area (Å²) in [6.45, 7) is 1.60. The fourth-order valence-corrected chi connectivity index (χ4v) is 2.34. The van der Waals surface area contributed by atoms with Gasteiger partial charge in [-0.2, -0.15) is 5.10 Å². The molecule has 0 fully saturated rings. The number of hydrogen-bond acceptors (Lipinski definition) is 5. The monoisotopic (exact) mass is 365 g/mol. The third kappa shape index (κ3) is 3.08. The van der Waals surface area contributed by atoms with Crippen molar-refractivity contribution in [3.63, 3.8) is 0 Å². The normalized spacial score (nSPS) is 10.9. The number of ether oxygens (including phenoxy) is 1. The minimum atomic E-state index is -0.958. The molecule has 2 aromatic heterocycles. The number of nitrogens with zero attached hydrogens (tertiary/aromatic N) is 3. The predicted molar refractivity (Wildman–Crippen MR) is 86.0 cm³/mol. The molecule has 0 N–H and O–H groups in total. The Labute approximate surface area is 144 Å². The maximum Gasteiger partial charge on any atom is 0.362 e. The van der Waals surface area contributed by atoms with Crippen molar-refractivity contribution in [1.29, 1.82) is 0 Å². The highest BCUT2D eigenvalue weighted by Crippen LogP contribution is 2.20. The molecule has 0 radical (unpaired) electrons. The van der Waals surface area contributed by atoms with Gasteiger partial charge >= 0.3 is 5.97 Å². The average Bonchev–Trinajstić information content (AvgIpc) is 2.58. The molecule has 0 unspecified atom stereocenters. The summed E-state index contributed by atoms with van der Waals surface area (Å²) in [5, 5.41) is 3.28. The van der Waals surface area contributed by atoms with Crippen LogP contribution in [0.5, 0.6) is 0 Å². The second-order valence-electron chi connectivity index (χ2n) is 4.92. The number of aromatic nitrogens is 3. The Balaban J connectivity index is 2.39. The Hall–Kier alpha value is -2.87. The first-order valence-electron chi connectivity index (χ1n) is 7.14. The minimum Gasteiger partial charge on any atom is -0.461 e. The van der Waals surface area contributed by atoms with Crippen LogP contribution in [-0.2, 0) is 4.74 Å². The Morgan fingerprint density at radius 2 is 1.96 bits per heavy atom. The van der Waals surface area contributed by atoms with Gasteiger partial charge in [0, 0.05) is 0 Å². The lowest BCUT2D eigenvalue weighted by Gasteiger charge is -2.11. The van der Waals surface area contributed by atoms with Gasteiger partial charge in [0.1, 0.15) is 5.82 Å². The van der Waals surface area contributed by atoms with Crippen molar-refractivity contribution < 1.29 is 18.3 Å². The van der Waals surface area contributed by atoms with Gasteiger partial charge in [-0.05, 0) is 37.3 Å². The SMILES string of the molecule is CCOC(=O)c1nn(-c2ccc(F)cc2)c2nc(Cl)c(F)cc2c1=O. The van der Waals surface area contributed by atoms with Gasteiger partial charge in [0.15, 0.2) is 16.6 Å². The van der Waals surface area contributed by atoms with E-state index in [0.29, 0.717) is 5.69 Å². The molecule has 1 aromatic carbocycles. The zero-order valence-corrected chi connectivity index (χ0v) is 13.6. The van der Waals surface area contributed by atoms with Crippen LogP contribution in [0.4, 0.5) is 8.78 Å². The summed E-state index contributed by atoms with van der Waals surface area (Å²) < 4.78 is 32.8. The van der Waals surface area contributed by atoms with Gasteiger partial charge in [-0.15, -0.1) is 0 Å². The molecule has 0 bridgehead atoms. The van der Waals surface area contributed by atoms with Crippen LogP contribution in [0.3, 0.4) is 0 Å². The maximum atomic E-state index is 13.8. The number of hydrogen-bond donors (Lipinski definition) is 0. The van der Waals surface area contributed by atoms with Crippen molar-refractivity contribution in [3.05, 3.63) is 63.0 Å². The van der Waals surface area contributed by atoms with Crippen LogP contribution in [0.25, 0.3) is 16.7 Å². The summed E-state index contributed by atoms with van der Waals surface area (Å²) in [5.41, 5.74) is -1.15. The number of rotatable bonds is 3. The van der Waals surface area contributed by atoms with Crippen LogP contribution < -0.4 is 5.43 Å². The summed E-state index contributed by atoms with van der Waals surface area (Å²) in [6, 6.07) is 5.92. The topological polar surface area (TPSA) is 74.1 Å². The second kappa shape index (κ2) is 6.56. The lowest BCUT2D eigenvalue weighted by Crippen LogP contribution is -2.25. The number of benzene rings is 1. The third-order valence-electron chi connectivity index (χ3n) is 3.31. The molecule has 6 nitrogen and oxygen atoms in total. The molecule has 0 spiro atoms. The Kier molecular flexibility index (Phi) is 4.45. The van der Waals surface area contributed by atoms with E-state index in [1.54, 1.807) is 6.92 Å². The lowest BCUT2D eigenvalue weighted by atomic mass is 10.2. The molecule has 0 amide bonds. The zero-order chi connectivity index (χ0) is 18.1. The number of carbonyl (C=O) groups is 1. The van der Waals surface area contributed by atoms with E-state index in [0.717, 1.165) is 22.9 Å². The van der Waals surface area contributed by atoms with E-state index >= 15 is 0 Å². The molecule has 3 aromatic rings. The molecular formula is C16H10ClF2N3O3. The van der Waals surface area contributed by atoms with Crippen molar-refractivity contribution in [1.82, 2.24) is 14.8 Å². The van der Waals surface area contributed by atoms with Crippen LogP contribution in [0.1, 0.15) is 17.4 Å². The van der Waals surface area contributed by atoms with E-state index in [1.165, 1.54) is 12.1 Å². The molecule has 0 saturated carbocycles. The van der Waals surface area contributed by atoms with E-state index < -0.39 is 33.9 Å². The van der Waals surface area contributed by atoms with Gasteiger partial charge < -0.3 is 4.74 Å². The van der Waals surface area contributed by atoms with E-state index in [4.69, 9.17) is 16.3 Å². The number of fused-ring (bicyclic) bond motifs is 1. The summed E-state index contributed by atoms with van der Waals surface area (Å²) in [5.74, 6) is -2.37. The van der Waals surface area contributed by atoms with Crippen LogP contribution in [0.2, 0.25) is 5.15 Å². The largest absolute Gasteiger partial charge is 0.461 e. The summed E-state index contributed by atoms with van der Waals surface area (Å²) >= 11 is 5.70. The average molecular weight is 366 g/mol. The van der Waals surface area contributed by atoms with E-state index in [9.17, 15) is 18.4 Å². The molecule has 0 aliphatic rings. The molecule has 2 heterocycles. The van der Waals surface area contributed by atoms with Crippen molar-refractivity contribution in [2.24, 2.45) is 0 Å². The summed E-state index contributed by atoms with van der Waals surface area (Å²) in [6.07, 6.45) is 0. The highest BCUT2D eigenvalue weighted by atomic mass is 35.5. The first-order valence-corrected chi connectivity index (χ1v) is 7.52. The molecular weight excluding hydrogens is 356 g/mol. The van der Waals surface area contributed by atoms with Gasteiger partial charge in [-0.1, -0.05) is 11.6 Å². The molecule has 0 aliphatic heterocycles. The van der Waals surface area contributed by atoms with Crippen LogP contribution in [-0.4, -0.2) is 27.3 Å². The molecule has 128 valence electrons. The van der Waals surface area contributed by atoms with Gasteiger partial charge in [-0.3, -0.25) is 4.79 Å². The van der Waals surface area contributed by atoms with Crippen LogP contribution in [0, 0.1) is 11.6 Å². The van der Waals surface area contributed by atoms with Crippen molar-refractivity contribution in [3.8, 4) is 5.69 Å². The molecule has 0 aliphatic carbocycles. The smallest absolute Gasteiger partial charge is 0.362 e. The number of carbonyl (C=O) groups excluding carboxylic acids is 1. The standard InChI is InChI=1S/C16H10ClF2N3O3/c1-2-25-16(24)12-13(23)10-7-11(19)14(17)20-15(10)22(21-12)9-5-3-8(18)4-6-9/h3-7H,2H2,1H3. The Morgan fingerprint density at radius 1 is 1.28 bits per heavy atom. The molecule has 3 rings (SSSR count). The predicted octanol–water partition coefficient (Wildman–Crippen LogP) is 2.89. The van der Waals surface area contributed by atoms with Crippen LogP contribution in [0.15, 0.2) is 35.1 Å². The highest BCUT2D eigenvalue weighted by Gasteiger charge is 2.21. The molecule has 9 heteroatoms. The Bertz CT molecular complexity index is 1040. The number of esters is 1. The van der Waals surface area contributed by atoms with Crippen molar-refractivity contribution in [2.45, 2.75) is 6.92 Å². The Morgan fingerprint density at radius 3 is 2.60 bits per heavy atom. The van der Waals surface area contributed by atoms with Gasteiger partial charge in [0.05, 0.1) is 17.7 Å². The molecule has 0 saturated heterocycles. The zero-order valence-electron chi connectivity index (χ0n) is 12.8. The second-order valence-corrected chi connectivity index (χ2v) is 5.28. The third-order valence-corrected chi connectivity index (χ3v) is 3.58. The number of halogens is 3. The fourth-order valence-electron chi connectivity index (χ4n) is 2.20. The van der Waals surface area contributed by atoms with Crippen LogP contribution >= 0.6 is 11.6 Å². The number of pyridine rings is 1. The minimum absolute atomic E-state index is 0.0295. The van der Waals surface area contributed by atoms with Gasteiger partial charge in [0.25, 0.3) is 0 Å². The van der Waals surface area contributed by atoms with Crippen molar-refractivity contribution in [2.75, 3.05) is 6.61 Å². The summed E-state index contributed by atoms with van der Waals surface area (Å²) in [7, 11) is 0. The summed E-state index contributed by atoms with van der Waals surface area (Å²) in [4.78, 5) is 28.3. The van der Waals surface area contributed by atoms with Gasteiger partial charge in [-0.25, -0.2) is 23.2 Å².